The van der Waals surface area contributed by atoms with E-state index in [0.717, 1.165) is 0 Å². The molecule has 2 aromatic rings. The molecule has 1 aliphatic rings. The SMILES string of the molecule is CCOc1cc(/C=C/c2nc(O)c([N+](=O)[O-])c(=O)[nH]2)ccc1OCC(=O)N1CCOCC1. The number of aromatic hydroxyl groups is 1. The summed E-state index contributed by atoms with van der Waals surface area (Å²) in [7, 11) is 0. The molecule has 32 heavy (non-hydrogen) atoms. The fourth-order valence-electron chi connectivity index (χ4n) is 2.95. The van der Waals surface area contributed by atoms with E-state index in [1.807, 2.05) is 0 Å². The summed E-state index contributed by atoms with van der Waals surface area (Å²) in [6.07, 6.45) is 2.94. The van der Waals surface area contributed by atoms with Crippen LogP contribution < -0.4 is 15.0 Å². The van der Waals surface area contributed by atoms with Crippen molar-refractivity contribution in [3.63, 3.8) is 0 Å². The van der Waals surface area contributed by atoms with E-state index in [4.69, 9.17) is 14.2 Å². The molecule has 1 saturated heterocycles. The summed E-state index contributed by atoms with van der Waals surface area (Å²) in [5.41, 5.74) is -1.44. The monoisotopic (exact) mass is 446 g/mol. The number of nitro groups is 1. The second-order valence-corrected chi connectivity index (χ2v) is 6.63. The first-order valence-corrected chi connectivity index (χ1v) is 9.80. The third kappa shape index (κ3) is 5.60. The van der Waals surface area contributed by atoms with Gasteiger partial charge in [-0.25, -0.2) is 0 Å². The summed E-state index contributed by atoms with van der Waals surface area (Å²) in [6, 6.07) is 5.00. The normalized spacial score (nSPS) is 13.8. The molecule has 12 nitrogen and oxygen atoms in total. The van der Waals surface area contributed by atoms with Crippen LogP contribution in [0, 0.1) is 10.1 Å². The molecule has 1 aromatic carbocycles. The highest BCUT2D eigenvalue weighted by atomic mass is 16.6. The van der Waals surface area contributed by atoms with E-state index in [-0.39, 0.29) is 18.3 Å². The van der Waals surface area contributed by atoms with Gasteiger partial charge in [0.2, 0.25) is 0 Å². The molecule has 1 aliphatic heterocycles. The van der Waals surface area contributed by atoms with E-state index in [0.29, 0.717) is 50.0 Å². The number of benzene rings is 1. The number of aromatic amines is 1. The van der Waals surface area contributed by atoms with E-state index >= 15 is 0 Å². The van der Waals surface area contributed by atoms with Crippen molar-refractivity contribution in [1.82, 2.24) is 14.9 Å². The summed E-state index contributed by atoms with van der Waals surface area (Å²) in [4.78, 5) is 41.3. The van der Waals surface area contributed by atoms with Gasteiger partial charge in [0.1, 0.15) is 5.82 Å². The Morgan fingerprint density at radius 1 is 1.31 bits per heavy atom. The van der Waals surface area contributed by atoms with Crippen LogP contribution in [0.2, 0.25) is 0 Å². The van der Waals surface area contributed by atoms with Crippen LogP contribution in [0.1, 0.15) is 18.3 Å². The predicted molar refractivity (Wildman–Crippen MR) is 113 cm³/mol. The van der Waals surface area contributed by atoms with Crippen LogP contribution in [0.5, 0.6) is 17.4 Å². The third-order valence-corrected chi connectivity index (χ3v) is 4.49. The summed E-state index contributed by atoms with van der Waals surface area (Å²) in [5.74, 6) is -0.371. The Hall–Kier alpha value is -3.93. The summed E-state index contributed by atoms with van der Waals surface area (Å²) >= 11 is 0. The number of carbonyl (C=O) groups excluding carboxylic acids is 1. The Morgan fingerprint density at radius 2 is 2.06 bits per heavy atom. The van der Waals surface area contributed by atoms with Crippen LogP contribution in [0.25, 0.3) is 12.2 Å². The zero-order valence-corrected chi connectivity index (χ0v) is 17.3. The number of nitrogens with zero attached hydrogens (tertiary/aromatic N) is 3. The van der Waals surface area contributed by atoms with Gasteiger partial charge in [0.15, 0.2) is 18.1 Å². The number of aromatic nitrogens is 2. The predicted octanol–water partition coefficient (Wildman–Crippen LogP) is 1.19. The molecule has 1 aromatic heterocycles. The third-order valence-electron chi connectivity index (χ3n) is 4.49. The number of H-pyrrole nitrogens is 1. The molecule has 2 N–H and O–H groups in total. The number of hydrogen-bond donors (Lipinski definition) is 2. The maximum absolute atomic E-state index is 12.3. The van der Waals surface area contributed by atoms with Crippen molar-refractivity contribution in [2.45, 2.75) is 6.92 Å². The molecule has 1 fully saturated rings. The van der Waals surface area contributed by atoms with Gasteiger partial charge in [0.05, 0.1) is 24.7 Å². The van der Waals surface area contributed by atoms with Crippen molar-refractivity contribution in [2.24, 2.45) is 0 Å². The van der Waals surface area contributed by atoms with Gasteiger partial charge in [0.25, 0.3) is 11.8 Å². The van der Waals surface area contributed by atoms with E-state index in [1.165, 1.54) is 6.08 Å². The zero-order chi connectivity index (χ0) is 23.1. The molecule has 0 spiro atoms. The lowest BCUT2D eigenvalue weighted by Crippen LogP contribution is -2.43. The Kier molecular flexibility index (Phi) is 7.39. The molecule has 0 aliphatic carbocycles. The number of nitrogens with one attached hydrogen (secondary N) is 1. The van der Waals surface area contributed by atoms with Gasteiger partial charge in [0, 0.05) is 13.1 Å². The Balaban J connectivity index is 1.73. The molecule has 1 amide bonds. The molecule has 170 valence electrons. The first kappa shape index (κ1) is 22.7. The number of hydrogen-bond acceptors (Lipinski definition) is 9. The van der Waals surface area contributed by atoms with E-state index in [2.05, 4.69) is 9.97 Å². The standard InChI is InChI=1S/C20H22N4O8/c1-2-31-15-11-13(4-6-16-21-19(26)18(24(28)29)20(27)22-16)3-5-14(15)32-12-17(25)23-7-9-30-10-8-23/h3-6,11H,2,7-10,12H2,1H3,(H2,21,22,26,27)/b6-4+. The maximum atomic E-state index is 12.3. The van der Waals surface area contributed by atoms with Crippen LogP contribution in [0.4, 0.5) is 5.69 Å². The van der Waals surface area contributed by atoms with Crippen molar-refractivity contribution >= 4 is 23.7 Å². The van der Waals surface area contributed by atoms with Gasteiger partial charge >= 0.3 is 11.2 Å². The number of carbonyl (C=O) groups is 1. The quantitative estimate of drug-likeness (QED) is 0.449. The first-order chi connectivity index (χ1) is 15.4. The van der Waals surface area contributed by atoms with Gasteiger partial charge in [-0.1, -0.05) is 12.1 Å². The second kappa shape index (κ2) is 10.4. The maximum Gasteiger partial charge on any atom is 0.395 e. The Morgan fingerprint density at radius 3 is 2.72 bits per heavy atom. The van der Waals surface area contributed by atoms with E-state index in [1.54, 1.807) is 36.1 Å². The van der Waals surface area contributed by atoms with Crippen molar-refractivity contribution in [3.05, 3.63) is 50.1 Å². The number of rotatable bonds is 8. The molecule has 12 heteroatoms. The molecule has 0 saturated carbocycles. The smallest absolute Gasteiger partial charge is 0.395 e. The van der Waals surface area contributed by atoms with Gasteiger partial charge in [-0.3, -0.25) is 19.7 Å². The first-order valence-electron chi connectivity index (χ1n) is 9.80. The molecule has 3 rings (SSSR count). The zero-order valence-electron chi connectivity index (χ0n) is 17.3. The molecule has 0 atom stereocenters. The number of amides is 1. The fraction of sp³-hybridized carbons (Fsp3) is 0.350. The highest BCUT2D eigenvalue weighted by molar-refractivity contribution is 5.78. The minimum absolute atomic E-state index is 0.0625. The van der Waals surface area contributed by atoms with Crippen LogP contribution >= 0.6 is 0 Å². The summed E-state index contributed by atoms with van der Waals surface area (Å²) in [5, 5.41) is 20.4. The minimum Gasteiger partial charge on any atom is -0.490 e. The van der Waals surface area contributed by atoms with E-state index in [9.17, 15) is 24.8 Å². The average molecular weight is 446 g/mol. The van der Waals surface area contributed by atoms with Gasteiger partial charge < -0.3 is 29.2 Å². The highest BCUT2D eigenvalue weighted by Gasteiger charge is 2.21. The molecule has 0 bridgehead atoms. The number of morpholine rings is 1. The van der Waals surface area contributed by atoms with Crippen LogP contribution in [0.15, 0.2) is 23.0 Å². The molecule has 0 radical (unpaired) electrons. The topological polar surface area (TPSA) is 157 Å². The fourth-order valence-corrected chi connectivity index (χ4v) is 2.95. The number of ether oxygens (including phenoxy) is 3. The second-order valence-electron chi connectivity index (χ2n) is 6.63. The van der Waals surface area contributed by atoms with E-state index < -0.39 is 22.0 Å². The molecular weight excluding hydrogens is 424 g/mol. The van der Waals surface area contributed by atoms with Crippen molar-refractivity contribution < 1.29 is 29.0 Å². The average Bonchev–Trinajstić information content (AvgIpc) is 2.77. The van der Waals surface area contributed by atoms with Crippen molar-refractivity contribution in [2.75, 3.05) is 39.5 Å². The lowest BCUT2D eigenvalue weighted by molar-refractivity contribution is -0.387. The van der Waals surface area contributed by atoms with Gasteiger partial charge in [-0.15, -0.1) is 0 Å². The lowest BCUT2D eigenvalue weighted by atomic mass is 10.2. The largest absolute Gasteiger partial charge is 0.490 e. The van der Waals surface area contributed by atoms with Gasteiger partial charge in [-0.05, 0) is 30.7 Å². The highest BCUT2D eigenvalue weighted by Crippen LogP contribution is 2.29. The molecule has 2 heterocycles. The van der Waals surface area contributed by atoms with Crippen molar-refractivity contribution in [3.8, 4) is 17.4 Å². The van der Waals surface area contributed by atoms with Crippen LogP contribution in [-0.4, -0.2) is 70.3 Å². The van der Waals surface area contributed by atoms with Crippen LogP contribution in [-0.2, 0) is 9.53 Å². The van der Waals surface area contributed by atoms with Gasteiger partial charge in [-0.2, -0.15) is 4.98 Å². The Bertz CT molecular complexity index is 1080. The van der Waals surface area contributed by atoms with Crippen LogP contribution in [0.3, 0.4) is 0 Å². The molecule has 0 unspecified atom stereocenters. The lowest BCUT2D eigenvalue weighted by Gasteiger charge is -2.26. The summed E-state index contributed by atoms with van der Waals surface area (Å²) in [6.45, 7) is 4.10. The molecular formula is C20H22N4O8. The summed E-state index contributed by atoms with van der Waals surface area (Å²) < 4.78 is 16.5. The van der Waals surface area contributed by atoms with Crippen molar-refractivity contribution in [1.29, 1.82) is 0 Å². The Labute approximate surface area is 182 Å². The minimum atomic E-state index is -1.06.